The van der Waals surface area contributed by atoms with E-state index in [0.29, 0.717) is 36.7 Å². The standard InChI is InChI=1S/C22H24FN3O2/c23-19-6-3-17(4-7-19)20-8-5-18(14-24-20)22(28)25-12-9-16(10-13-25)15-26-11-1-2-21(26)27/h3-8,14,16H,1-2,9-13,15H2. The molecule has 0 radical (unpaired) electrons. The summed E-state index contributed by atoms with van der Waals surface area (Å²) >= 11 is 0. The van der Waals surface area contributed by atoms with E-state index in [9.17, 15) is 14.0 Å². The monoisotopic (exact) mass is 381 g/mol. The summed E-state index contributed by atoms with van der Waals surface area (Å²) in [4.78, 5) is 32.8. The number of likely N-dealkylation sites (tertiary alicyclic amines) is 2. The van der Waals surface area contributed by atoms with Gasteiger partial charge in [-0.25, -0.2) is 4.39 Å². The van der Waals surface area contributed by atoms with Crippen LogP contribution in [0.4, 0.5) is 4.39 Å². The summed E-state index contributed by atoms with van der Waals surface area (Å²) in [6.45, 7) is 3.13. The maximum absolute atomic E-state index is 13.0. The normalized spacial score (nSPS) is 18.0. The lowest BCUT2D eigenvalue weighted by molar-refractivity contribution is -0.128. The van der Waals surface area contributed by atoms with Crippen molar-refractivity contribution < 1.29 is 14.0 Å². The Morgan fingerprint density at radius 2 is 1.82 bits per heavy atom. The minimum absolute atomic E-state index is 0.00569. The van der Waals surface area contributed by atoms with Crippen LogP contribution in [0, 0.1) is 11.7 Å². The molecular weight excluding hydrogens is 357 g/mol. The van der Waals surface area contributed by atoms with Gasteiger partial charge in [-0.15, -0.1) is 0 Å². The van der Waals surface area contributed by atoms with E-state index >= 15 is 0 Å². The molecule has 146 valence electrons. The first-order valence-corrected chi connectivity index (χ1v) is 9.89. The van der Waals surface area contributed by atoms with E-state index < -0.39 is 0 Å². The number of carbonyl (C=O) groups is 2. The average molecular weight is 381 g/mol. The first kappa shape index (κ1) is 18.6. The Hall–Kier alpha value is -2.76. The fourth-order valence-electron chi connectivity index (χ4n) is 4.02. The third-order valence-corrected chi connectivity index (χ3v) is 5.70. The number of hydrogen-bond donors (Lipinski definition) is 0. The second-order valence-corrected chi connectivity index (χ2v) is 7.62. The van der Waals surface area contributed by atoms with Crippen LogP contribution in [0.1, 0.15) is 36.0 Å². The number of benzene rings is 1. The fraction of sp³-hybridized carbons (Fsp3) is 0.409. The molecule has 3 heterocycles. The molecule has 2 aliphatic rings. The number of aromatic nitrogens is 1. The van der Waals surface area contributed by atoms with Crippen molar-refractivity contribution in [2.75, 3.05) is 26.2 Å². The first-order chi connectivity index (χ1) is 13.6. The van der Waals surface area contributed by atoms with Crippen molar-refractivity contribution in [3.8, 4) is 11.3 Å². The molecule has 0 spiro atoms. The van der Waals surface area contributed by atoms with Gasteiger partial charge in [-0.3, -0.25) is 14.6 Å². The maximum atomic E-state index is 13.0. The van der Waals surface area contributed by atoms with Crippen LogP contribution in [0.3, 0.4) is 0 Å². The molecule has 5 nitrogen and oxygen atoms in total. The van der Waals surface area contributed by atoms with E-state index in [0.717, 1.165) is 37.9 Å². The summed E-state index contributed by atoms with van der Waals surface area (Å²) in [5.41, 5.74) is 2.10. The van der Waals surface area contributed by atoms with Gasteiger partial charge in [-0.1, -0.05) is 0 Å². The zero-order chi connectivity index (χ0) is 19.5. The van der Waals surface area contributed by atoms with Gasteiger partial charge in [0.1, 0.15) is 5.82 Å². The lowest BCUT2D eigenvalue weighted by Gasteiger charge is -2.34. The predicted molar refractivity (Wildman–Crippen MR) is 104 cm³/mol. The minimum atomic E-state index is -0.284. The van der Waals surface area contributed by atoms with Crippen molar-refractivity contribution in [3.05, 3.63) is 54.0 Å². The molecule has 2 aromatic rings. The molecule has 2 aliphatic heterocycles. The third kappa shape index (κ3) is 4.06. The molecule has 2 fully saturated rings. The number of hydrogen-bond acceptors (Lipinski definition) is 3. The SMILES string of the molecule is O=C1CCCN1CC1CCN(C(=O)c2ccc(-c3ccc(F)cc3)nc2)CC1. The van der Waals surface area contributed by atoms with Crippen LogP contribution in [0.15, 0.2) is 42.6 Å². The second kappa shape index (κ2) is 8.09. The molecule has 4 rings (SSSR count). The highest BCUT2D eigenvalue weighted by molar-refractivity contribution is 5.94. The molecule has 2 saturated heterocycles. The van der Waals surface area contributed by atoms with Crippen molar-refractivity contribution in [2.45, 2.75) is 25.7 Å². The Balaban J connectivity index is 1.33. The van der Waals surface area contributed by atoms with Crippen LogP contribution >= 0.6 is 0 Å². The quantitative estimate of drug-likeness (QED) is 0.816. The van der Waals surface area contributed by atoms with Crippen molar-refractivity contribution in [1.29, 1.82) is 0 Å². The average Bonchev–Trinajstić information content (AvgIpc) is 3.13. The smallest absolute Gasteiger partial charge is 0.255 e. The molecule has 28 heavy (non-hydrogen) atoms. The van der Waals surface area contributed by atoms with Crippen molar-refractivity contribution in [1.82, 2.24) is 14.8 Å². The van der Waals surface area contributed by atoms with Gasteiger partial charge in [-0.05, 0) is 61.6 Å². The lowest BCUT2D eigenvalue weighted by Crippen LogP contribution is -2.41. The zero-order valence-corrected chi connectivity index (χ0v) is 15.8. The highest BCUT2D eigenvalue weighted by Crippen LogP contribution is 2.23. The molecule has 6 heteroatoms. The van der Waals surface area contributed by atoms with Crippen LogP contribution < -0.4 is 0 Å². The minimum Gasteiger partial charge on any atom is -0.342 e. The maximum Gasteiger partial charge on any atom is 0.255 e. The number of pyridine rings is 1. The molecule has 0 atom stereocenters. The van der Waals surface area contributed by atoms with Gasteiger partial charge in [0.2, 0.25) is 5.91 Å². The number of nitrogens with zero attached hydrogens (tertiary/aromatic N) is 3. The summed E-state index contributed by atoms with van der Waals surface area (Å²) in [7, 11) is 0. The summed E-state index contributed by atoms with van der Waals surface area (Å²) in [5.74, 6) is 0.456. The number of piperidine rings is 1. The van der Waals surface area contributed by atoms with Crippen molar-refractivity contribution in [2.24, 2.45) is 5.92 Å². The van der Waals surface area contributed by atoms with Crippen LogP contribution in [0.25, 0.3) is 11.3 Å². The van der Waals surface area contributed by atoms with Gasteiger partial charge < -0.3 is 9.80 Å². The van der Waals surface area contributed by atoms with Crippen molar-refractivity contribution >= 4 is 11.8 Å². The summed E-state index contributed by atoms with van der Waals surface area (Å²) in [6.07, 6.45) is 5.10. The second-order valence-electron chi connectivity index (χ2n) is 7.62. The van der Waals surface area contributed by atoms with E-state index in [-0.39, 0.29) is 17.6 Å². The van der Waals surface area contributed by atoms with Crippen LogP contribution in [0.5, 0.6) is 0 Å². The van der Waals surface area contributed by atoms with E-state index in [1.165, 1.54) is 12.1 Å². The number of halogens is 1. The predicted octanol–water partition coefficient (Wildman–Crippen LogP) is 3.36. The highest BCUT2D eigenvalue weighted by Gasteiger charge is 2.28. The molecule has 0 saturated carbocycles. The first-order valence-electron chi connectivity index (χ1n) is 9.89. The molecule has 1 aromatic heterocycles. The molecule has 1 aromatic carbocycles. The van der Waals surface area contributed by atoms with Gasteiger partial charge in [0.05, 0.1) is 11.3 Å². The Bertz CT molecular complexity index is 843. The fourth-order valence-corrected chi connectivity index (χ4v) is 4.02. The summed E-state index contributed by atoms with van der Waals surface area (Å²) in [5, 5.41) is 0. The Labute approximate surface area is 164 Å². The van der Waals surface area contributed by atoms with Gasteiger partial charge in [0.15, 0.2) is 0 Å². The van der Waals surface area contributed by atoms with E-state index in [4.69, 9.17) is 0 Å². The molecular formula is C22H24FN3O2. The van der Waals surface area contributed by atoms with Gasteiger partial charge >= 0.3 is 0 Å². The van der Waals surface area contributed by atoms with Crippen LogP contribution in [-0.4, -0.2) is 52.8 Å². The number of carbonyl (C=O) groups excluding carboxylic acids is 2. The zero-order valence-electron chi connectivity index (χ0n) is 15.8. The van der Waals surface area contributed by atoms with Crippen LogP contribution in [-0.2, 0) is 4.79 Å². The van der Waals surface area contributed by atoms with Gasteiger partial charge in [0.25, 0.3) is 5.91 Å². The number of amides is 2. The number of rotatable bonds is 4. The summed E-state index contributed by atoms with van der Waals surface area (Å²) in [6, 6.07) is 9.73. The van der Waals surface area contributed by atoms with Gasteiger partial charge in [-0.2, -0.15) is 0 Å². The topological polar surface area (TPSA) is 53.5 Å². The molecule has 0 N–H and O–H groups in total. The molecule has 0 bridgehead atoms. The molecule has 0 unspecified atom stereocenters. The van der Waals surface area contributed by atoms with E-state index in [1.54, 1.807) is 30.5 Å². The molecule has 0 aliphatic carbocycles. The Kier molecular flexibility index (Phi) is 5.37. The Morgan fingerprint density at radius 3 is 2.43 bits per heavy atom. The lowest BCUT2D eigenvalue weighted by atomic mass is 9.96. The van der Waals surface area contributed by atoms with Gasteiger partial charge in [0, 0.05) is 44.4 Å². The molecule has 2 amide bonds. The largest absolute Gasteiger partial charge is 0.342 e. The third-order valence-electron chi connectivity index (χ3n) is 5.70. The van der Waals surface area contributed by atoms with E-state index in [1.807, 2.05) is 9.80 Å². The van der Waals surface area contributed by atoms with Crippen LogP contribution in [0.2, 0.25) is 0 Å². The summed E-state index contributed by atoms with van der Waals surface area (Å²) < 4.78 is 13.0. The van der Waals surface area contributed by atoms with Crippen molar-refractivity contribution in [3.63, 3.8) is 0 Å². The van der Waals surface area contributed by atoms with E-state index in [2.05, 4.69) is 4.98 Å². The highest BCUT2D eigenvalue weighted by atomic mass is 19.1. The Morgan fingerprint density at radius 1 is 1.07 bits per heavy atom.